The minimum atomic E-state index is -0.498. The molecule has 0 saturated heterocycles. The Bertz CT molecular complexity index is 496. The molecule has 0 saturated carbocycles. The molecule has 136 valence electrons. The zero-order valence-electron chi connectivity index (χ0n) is 14.2. The van der Waals surface area contributed by atoms with Gasteiger partial charge in [-0.3, -0.25) is 4.98 Å². The first-order chi connectivity index (χ1) is 11.4. The molecule has 1 aromatic heterocycles. The molecule has 0 spiro atoms. The van der Waals surface area contributed by atoms with Gasteiger partial charge in [-0.15, -0.1) is 0 Å². The van der Waals surface area contributed by atoms with Crippen LogP contribution in [0.4, 0.5) is 4.79 Å². The lowest BCUT2D eigenvalue weighted by Gasteiger charge is -2.19. The van der Waals surface area contributed by atoms with E-state index in [0.717, 1.165) is 0 Å². The van der Waals surface area contributed by atoms with Crippen LogP contribution in [-0.2, 0) is 14.2 Å². The van der Waals surface area contributed by atoms with Crippen LogP contribution in [0.1, 0.15) is 20.8 Å². The zero-order valence-corrected chi connectivity index (χ0v) is 15.8. The van der Waals surface area contributed by atoms with Crippen molar-refractivity contribution in [2.45, 2.75) is 26.4 Å². The van der Waals surface area contributed by atoms with Crippen LogP contribution in [0.5, 0.6) is 5.88 Å². The first-order valence-corrected chi connectivity index (χ1v) is 8.39. The number of amides is 1. The number of hydrogen-bond donors (Lipinski definition) is 1. The lowest BCUT2D eigenvalue weighted by Crippen LogP contribution is -2.34. The number of halogens is 1. The Labute approximate surface area is 150 Å². The van der Waals surface area contributed by atoms with Gasteiger partial charge in [0.2, 0.25) is 5.88 Å². The van der Waals surface area contributed by atoms with Crippen LogP contribution in [0.15, 0.2) is 17.0 Å². The van der Waals surface area contributed by atoms with E-state index >= 15 is 0 Å². The van der Waals surface area contributed by atoms with Gasteiger partial charge in [0, 0.05) is 6.54 Å². The maximum atomic E-state index is 11.4. The number of nitrogens with one attached hydrogen (secondary N) is 1. The topological polar surface area (TPSA) is 91.8 Å². The van der Waals surface area contributed by atoms with Crippen molar-refractivity contribution in [1.29, 1.82) is 0 Å². The summed E-state index contributed by atoms with van der Waals surface area (Å²) in [5.74, 6) is 0.442. The summed E-state index contributed by atoms with van der Waals surface area (Å²) < 4.78 is 21.8. The maximum Gasteiger partial charge on any atom is 0.407 e. The van der Waals surface area contributed by atoms with Crippen LogP contribution in [0.25, 0.3) is 0 Å². The first-order valence-electron chi connectivity index (χ1n) is 7.59. The molecule has 1 N–H and O–H groups in total. The summed E-state index contributed by atoms with van der Waals surface area (Å²) in [6.45, 7) is 7.91. The Hall–Kier alpha value is -1.45. The highest BCUT2D eigenvalue weighted by Crippen LogP contribution is 2.09. The van der Waals surface area contributed by atoms with Crippen molar-refractivity contribution >= 4 is 22.0 Å². The lowest BCUT2D eigenvalue weighted by atomic mass is 10.2. The van der Waals surface area contributed by atoms with Gasteiger partial charge in [-0.1, -0.05) is 0 Å². The summed E-state index contributed by atoms with van der Waals surface area (Å²) in [6.07, 6.45) is 2.67. The van der Waals surface area contributed by atoms with E-state index in [1.807, 2.05) is 20.8 Å². The van der Waals surface area contributed by atoms with Crippen LogP contribution in [-0.4, -0.2) is 61.2 Å². The second-order valence-corrected chi connectivity index (χ2v) is 6.49. The van der Waals surface area contributed by atoms with Crippen LogP contribution < -0.4 is 10.1 Å². The summed E-state index contributed by atoms with van der Waals surface area (Å²) >= 11 is 3.21. The fraction of sp³-hybridized carbons (Fsp3) is 0.667. The third kappa shape index (κ3) is 11.1. The largest absolute Gasteiger partial charge is 0.474 e. The van der Waals surface area contributed by atoms with E-state index < -0.39 is 11.7 Å². The summed E-state index contributed by atoms with van der Waals surface area (Å²) in [5.41, 5.74) is -0.498. The molecule has 1 aromatic rings. The molecule has 8 nitrogen and oxygen atoms in total. The average Bonchev–Trinajstić information content (AvgIpc) is 2.47. The summed E-state index contributed by atoms with van der Waals surface area (Å²) in [5, 5.41) is 2.61. The van der Waals surface area contributed by atoms with E-state index in [1.54, 1.807) is 6.20 Å². The Morgan fingerprint density at radius 3 is 2.46 bits per heavy atom. The van der Waals surface area contributed by atoms with Gasteiger partial charge in [-0.25, -0.2) is 9.78 Å². The molecule has 0 bridgehead atoms. The molecular weight excluding hydrogens is 382 g/mol. The fourth-order valence-corrected chi connectivity index (χ4v) is 1.75. The average molecular weight is 406 g/mol. The molecular formula is C15H24BrN3O5. The number of alkyl carbamates (subject to hydrolysis) is 1. The number of ether oxygens (including phenoxy) is 4. The molecule has 0 aromatic carbocycles. The summed E-state index contributed by atoms with van der Waals surface area (Å²) in [6, 6.07) is 0. The third-order valence-corrected chi connectivity index (χ3v) is 2.73. The van der Waals surface area contributed by atoms with E-state index in [0.29, 0.717) is 50.1 Å². The Morgan fingerprint density at radius 1 is 1.12 bits per heavy atom. The smallest absolute Gasteiger partial charge is 0.407 e. The molecule has 0 unspecified atom stereocenters. The standard InChI is InChI=1S/C15H24BrN3O5/c1-15(2,3)24-14(20)18-4-5-21-6-7-22-8-9-23-13-11-17-10-12(16)19-13/h10-11H,4-9H2,1-3H3,(H,18,20). The number of hydrogen-bond acceptors (Lipinski definition) is 7. The molecule has 1 heterocycles. The highest BCUT2D eigenvalue weighted by atomic mass is 79.9. The highest BCUT2D eigenvalue weighted by molar-refractivity contribution is 9.10. The molecule has 1 amide bonds. The van der Waals surface area contributed by atoms with Crippen LogP contribution >= 0.6 is 15.9 Å². The van der Waals surface area contributed by atoms with Crippen LogP contribution in [0, 0.1) is 0 Å². The molecule has 0 atom stereocenters. The summed E-state index contributed by atoms with van der Waals surface area (Å²) in [7, 11) is 0. The van der Waals surface area contributed by atoms with Gasteiger partial charge in [-0.05, 0) is 36.7 Å². The maximum absolute atomic E-state index is 11.4. The summed E-state index contributed by atoms with van der Waals surface area (Å²) in [4.78, 5) is 19.4. The third-order valence-electron chi connectivity index (χ3n) is 2.35. The molecule has 1 rings (SSSR count). The van der Waals surface area contributed by atoms with Gasteiger partial charge in [0.05, 0.1) is 38.8 Å². The van der Waals surface area contributed by atoms with Gasteiger partial charge < -0.3 is 24.3 Å². The molecule has 0 aliphatic heterocycles. The van der Waals surface area contributed by atoms with Crippen molar-refractivity contribution in [2.24, 2.45) is 0 Å². The fourth-order valence-electron chi connectivity index (χ4n) is 1.46. The van der Waals surface area contributed by atoms with Crippen molar-refractivity contribution < 1.29 is 23.7 Å². The highest BCUT2D eigenvalue weighted by Gasteiger charge is 2.15. The minimum Gasteiger partial charge on any atom is -0.474 e. The lowest BCUT2D eigenvalue weighted by molar-refractivity contribution is 0.0323. The minimum absolute atomic E-state index is 0.380. The number of carbonyl (C=O) groups excluding carboxylic acids is 1. The molecule has 0 radical (unpaired) electrons. The van der Waals surface area contributed by atoms with E-state index in [-0.39, 0.29) is 0 Å². The Kier molecular flexibility index (Phi) is 9.58. The van der Waals surface area contributed by atoms with Crippen molar-refractivity contribution in [3.63, 3.8) is 0 Å². The second-order valence-electron chi connectivity index (χ2n) is 5.68. The number of rotatable bonds is 10. The van der Waals surface area contributed by atoms with Crippen LogP contribution in [0.2, 0.25) is 0 Å². The van der Waals surface area contributed by atoms with Gasteiger partial charge >= 0.3 is 6.09 Å². The van der Waals surface area contributed by atoms with Crippen molar-refractivity contribution in [3.8, 4) is 5.88 Å². The zero-order chi connectivity index (χ0) is 17.8. The predicted molar refractivity (Wildman–Crippen MR) is 91.1 cm³/mol. The van der Waals surface area contributed by atoms with Crippen molar-refractivity contribution in [2.75, 3.05) is 39.6 Å². The Morgan fingerprint density at radius 2 is 1.79 bits per heavy atom. The normalized spacial score (nSPS) is 11.2. The first kappa shape index (κ1) is 20.6. The number of nitrogens with zero attached hydrogens (tertiary/aromatic N) is 2. The SMILES string of the molecule is CC(C)(C)OC(=O)NCCOCCOCCOc1cncc(Br)n1. The van der Waals surface area contributed by atoms with E-state index in [2.05, 4.69) is 31.2 Å². The molecule has 9 heteroatoms. The molecule has 0 aliphatic carbocycles. The van der Waals surface area contributed by atoms with E-state index in [1.165, 1.54) is 6.20 Å². The molecule has 24 heavy (non-hydrogen) atoms. The number of aromatic nitrogens is 2. The predicted octanol–water partition coefficient (Wildman–Crippen LogP) is 2.18. The van der Waals surface area contributed by atoms with Gasteiger partial charge in [0.15, 0.2) is 0 Å². The van der Waals surface area contributed by atoms with E-state index in [9.17, 15) is 4.79 Å². The number of carbonyl (C=O) groups is 1. The monoisotopic (exact) mass is 405 g/mol. The van der Waals surface area contributed by atoms with Crippen LogP contribution in [0.3, 0.4) is 0 Å². The Balaban J connectivity index is 1.90. The van der Waals surface area contributed by atoms with Gasteiger partial charge in [-0.2, -0.15) is 0 Å². The van der Waals surface area contributed by atoms with Gasteiger partial charge in [0.1, 0.15) is 16.8 Å². The second kappa shape index (κ2) is 11.2. The molecule has 0 fully saturated rings. The molecule has 0 aliphatic rings. The van der Waals surface area contributed by atoms with Crippen molar-refractivity contribution in [1.82, 2.24) is 15.3 Å². The van der Waals surface area contributed by atoms with Crippen molar-refractivity contribution in [3.05, 3.63) is 17.0 Å². The van der Waals surface area contributed by atoms with E-state index in [4.69, 9.17) is 18.9 Å². The quantitative estimate of drug-likeness (QED) is 0.596. The van der Waals surface area contributed by atoms with Gasteiger partial charge in [0.25, 0.3) is 0 Å².